The van der Waals surface area contributed by atoms with Crippen molar-refractivity contribution in [2.45, 2.75) is 43.7 Å². The maximum absolute atomic E-state index is 13.1. The Labute approximate surface area is 191 Å². The van der Waals surface area contributed by atoms with Crippen LogP contribution in [0.3, 0.4) is 0 Å². The number of benzene rings is 3. The van der Waals surface area contributed by atoms with Crippen LogP contribution in [0.15, 0.2) is 96.4 Å². The fraction of sp³-hybridized carbons (Fsp3) is 0.259. The van der Waals surface area contributed by atoms with Gasteiger partial charge in [-0.2, -0.15) is 0 Å². The maximum atomic E-state index is 13.1. The Morgan fingerprint density at radius 1 is 0.938 bits per heavy atom. The lowest BCUT2D eigenvalue weighted by Gasteiger charge is -2.39. The van der Waals surface area contributed by atoms with E-state index in [1.807, 2.05) is 75.4 Å². The van der Waals surface area contributed by atoms with Crippen molar-refractivity contribution in [1.82, 2.24) is 4.72 Å². The summed E-state index contributed by atoms with van der Waals surface area (Å²) >= 11 is 0. The highest BCUT2D eigenvalue weighted by atomic mass is 32.2. The van der Waals surface area contributed by atoms with E-state index in [2.05, 4.69) is 11.3 Å². The van der Waals surface area contributed by atoms with Crippen LogP contribution in [0.4, 0.5) is 0 Å². The van der Waals surface area contributed by atoms with Gasteiger partial charge in [-0.3, -0.25) is 0 Å². The van der Waals surface area contributed by atoms with Crippen molar-refractivity contribution in [3.8, 4) is 11.1 Å². The molecule has 0 aliphatic carbocycles. The predicted molar refractivity (Wildman–Crippen MR) is 131 cm³/mol. The van der Waals surface area contributed by atoms with E-state index in [0.29, 0.717) is 5.56 Å². The molecule has 0 heterocycles. The zero-order valence-corrected chi connectivity index (χ0v) is 19.6. The van der Waals surface area contributed by atoms with Gasteiger partial charge in [-0.15, -0.1) is 6.58 Å². The molecule has 0 aliphatic heterocycles. The van der Waals surface area contributed by atoms with Gasteiger partial charge < -0.3 is 5.11 Å². The van der Waals surface area contributed by atoms with Gasteiger partial charge in [0.2, 0.25) is 10.0 Å². The van der Waals surface area contributed by atoms with Gasteiger partial charge in [-0.1, -0.05) is 92.2 Å². The van der Waals surface area contributed by atoms with E-state index in [0.717, 1.165) is 16.7 Å². The Hall–Kier alpha value is -2.73. The molecular formula is C27H31NO3S. The molecule has 4 nitrogen and oxygen atoms in total. The minimum Gasteiger partial charge on any atom is -0.383 e. The summed E-state index contributed by atoms with van der Waals surface area (Å²) in [6.07, 6.45) is 1.83. The molecule has 0 aliphatic rings. The molecule has 5 heteroatoms. The van der Waals surface area contributed by atoms with Crippen molar-refractivity contribution in [3.05, 3.63) is 103 Å². The van der Waals surface area contributed by atoms with Gasteiger partial charge in [0, 0.05) is 0 Å². The minimum atomic E-state index is -3.83. The Bertz CT molecular complexity index is 1140. The molecule has 32 heavy (non-hydrogen) atoms. The van der Waals surface area contributed by atoms with Crippen LogP contribution >= 0.6 is 0 Å². The lowest BCUT2D eigenvalue weighted by Crippen LogP contribution is -2.53. The molecular weight excluding hydrogens is 418 g/mol. The number of rotatable bonds is 9. The van der Waals surface area contributed by atoms with Crippen molar-refractivity contribution < 1.29 is 13.5 Å². The van der Waals surface area contributed by atoms with Gasteiger partial charge in [-0.05, 0) is 48.1 Å². The monoisotopic (exact) mass is 449 g/mol. The molecule has 0 fully saturated rings. The second-order valence-corrected chi connectivity index (χ2v) is 10.2. The Morgan fingerprint density at radius 2 is 1.50 bits per heavy atom. The number of hydrogen-bond acceptors (Lipinski definition) is 3. The van der Waals surface area contributed by atoms with Gasteiger partial charge in [0.15, 0.2) is 0 Å². The van der Waals surface area contributed by atoms with Crippen LogP contribution in [0.1, 0.15) is 31.4 Å². The largest absolute Gasteiger partial charge is 0.383 e. The molecule has 0 amide bonds. The van der Waals surface area contributed by atoms with Crippen LogP contribution in [0.2, 0.25) is 0 Å². The highest BCUT2D eigenvalue weighted by molar-refractivity contribution is 7.89. The van der Waals surface area contributed by atoms with Crippen molar-refractivity contribution >= 4 is 10.0 Å². The number of aryl methyl sites for hydroxylation is 1. The van der Waals surface area contributed by atoms with E-state index >= 15 is 0 Å². The van der Waals surface area contributed by atoms with Gasteiger partial charge in [-0.25, -0.2) is 13.1 Å². The van der Waals surface area contributed by atoms with Crippen molar-refractivity contribution in [2.75, 3.05) is 0 Å². The van der Waals surface area contributed by atoms with E-state index in [1.54, 1.807) is 30.3 Å². The third-order valence-electron chi connectivity index (χ3n) is 5.74. The SMILES string of the molecule is C=CC[C@@](O)(c1ccc(-c2ccccc2)cc1)[C@@H](NS(=O)(=O)c1ccc(C)cc1)C(C)C. The summed E-state index contributed by atoms with van der Waals surface area (Å²) in [6, 6.07) is 23.5. The van der Waals surface area contributed by atoms with E-state index in [4.69, 9.17) is 0 Å². The smallest absolute Gasteiger partial charge is 0.240 e. The average Bonchev–Trinajstić information content (AvgIpc) is 2.78. The summed E-state index contributed by atoms with van der Waals surface area (Å²) in [6.45, 7) is 9.51. The number of hydrogen-bond donors (Lipinski definition) is 2. The first-order valence-electron chi connectivity index (χ1n) is 10.8. The van der Waals surface area contributed by atoms with Crippen molar-refractivity contribution in [3.63, 3.8) is 0 Å². The maximum Gasteiger partial charge on any atom is 0.240 e. The van der Waals surface area contributed by atoms with E-state index in [9.17, 15) is 13.5 Å². The topological polar surface area (TPSA) is 66.4 Å². The molecule has 2 atom stereocenters. The highest BCUT2D eigenvalue weighted by Crippen LogP contribution is 2.35. The first-order chi connectivity index (χ1) is 15.2. The van der Waals surface area contributed by atoms with Crippen LogP contribution in [0.25, 0.3) is 11.1 Å². The van der Waals surface area contributed by atoms with Gasteiger partial charge in [0.1, 0.15) is 5.60 Å². The molecule has 0 radical (unpaired) electrons. The second kappa shape index (κ2) is 9.82. The quantitative estimate of drug-likeness (QED) is 0.428. The van der Waals surface area contributed by atoms with Crippen LogP contribution in [0, 0.1) is 12.8 Å². The Kier molecular flexibility index (Phi) is 7.34. The fourth-order valence-corrected chi connectivity index (χ4v) is 5.40. The molecule has 3 rings (SSSR count). The van der Waals surface area contributed by atoms with Crippen LogP contribution < -0.4 is 4.72 Å². The van der Waals surface area contributed by atoms with E-state index < -0.39 is 21.7 Å². The molecule has 0 saturated carbocycles. The zero-order valence-electron chi connectivity index (χ0n) is 18.8. The molecule has 0 bridgehead atoms. The molecule has 2 N–H and O–H groups in total. The lowest BCUT2D eigenvalue weighted by molar-refractivity contribution is -0.00857. The average molecular weight is 450 g/mol. The Morgan fingerprint density at radius 3 is 2.03 bits per heavy atom. The molecule has 0 saturated heterocycles. The van der Waals surface area contributed by atoms with E-state index in [-0.39, 0.29) is 17.2 Å². The fourth-order valence-electron chi connectivity index (χ4n) is 3.96. The summed E-state index contributed by atoms with van der Waals surface area (Å²) in [5.74, 6) is -0.172. The molecule has 0 unspecified atom stereocenters. The molecule has 3 aromatic rings. The number of sulfonamides is 1. The molecule has 3 aromatic carbocycles. The minimum absolute atomic E-state index is 0.172. The Balaban J connectivity index is 1.98. The first kappa shape index (κ1) is 23.9. The standard InChI is InChI=1S/C27H31NO3S/c1-5-19-27(29,24-15-13-23(14-16-24)22-9-7-6-8-10-22)26(20(2)3)28-32(30,31)25-17-11-21(4)12-18-25/h5-18,20,26,28-29H,1,19H2,2-4H3/t26-,27+/m0/s1. The third-order valence-corrected chi connectivity index (χ3v) is 7.20. The van der Waals surface area contributed by atoms with Crippen LogP contribution in [0.5, 0.6) is 0 Å². The van der Waals surface area contributed by atoms with Gasteiger partial charge >= 0.3 is 0 Å². The summed E-state index contributed by atoms with van der Waals surface area (Å²) < 4.78 is 29.0. The molecule has 0 spiro atoms. The summed E-state index contributed by atoms with van der Waals surface area (Å²) in [4.78, 5) is 0.175. The summed E-state index contributed by atoms with van der Waals surface area (Å²) in [7, 11) is -3.83. The van der Waals surface area contributed by atoms with Crippen LogP contribution in [-0.4, -0.2) is 19.6 Å². The second-order valence-electron chi connectivity index (χ2n) is 8.52. The van der Waals surface area contributed by atoms with Gasteiger partial charge in [0.25, 0.3) is 0 Å². The molecule has 168 valence electrons. The van der Waals surface area contributed by atoms with Crippen LogP contribution in [-0.2, 0) is 15.6 Å². The van der Waals surface area contributed by atoms with E-state index in [1.165, 1.54) is 0 Å². The van der Waals surface area contributed by atoms with Gasteiger partial charge in [0.05, 0.1) is 10.9 Å². The van der Waals surface area contributed by atoms with Crippen molar-refractivity contribution in [1.29, 1.82) is 0 Å². The predicted octanol–water partition coefficient (Wildman–Crippen LogP) is 5.43. The number of nitrogens with one attached hydrogen (secondary N) is 1. The van der Waals surface area contributed by atoms with Crippen molar-refractivity contribution in [2.24, 2.45) is 5.92 Å². The normalized spacial score (nSPS) is 14.7. The highest BCUT2D eigenvalue weighted by Gasteiger charge is 2.41. The molecule has 0 aromatic heterocycles. The summed E-state index contributed by atoms with van der Waals surface area (Å²) in [5, 5.41) is 11.8. The lowest BCUT2D eigenvalue weighted by atomic mass is 9.78. The summed E-state index contributed by atoms with van der Waals surface area (Å²) in [5.41, 5.74) is 2.26. The third kappa shape index (κ3) is 5.18. The first-order valence-corrected chi connectivity index (χ1v) is 12.2. The number of aliphatic hydroxyl groups is 1. The zero-order chi connectivity index (χ0) is 23.4.